The Kier molecular flexibility index (Phi) is 5.40. The monoisotopic (exact) mass is 272 g/mol. The minimum absolute atomic E-state index is 0.0617. The molecule has 0 aromatic rings. The SMILES string of the molecule is CCOC(=O)C(S(=O)(=O)CC)S(=O)(=O)CC. The molecule has 0 radical (unpaired) electrons. The lowest BCUT2D eigenvalue weighted by molar-refractivity contribution is -0.140. The molecule has 0 aliphatic rings. The molecular formula is C8H16O6S2. The second kappa shape index (κ2) is 5.62. The molecule has 0 unspecified atom stereocenters. The van der Waals surface area contributed by atoms with E-state index in [0.717, 1.165) is 0 Å². The second-order valence-electron chi connectivity index (χ2n) is 2.99. The van der Waals surface area contributed by atoms with Crippen molar-refractivity contribution >= 4 is 25.6 Å². The molecule has 0 heterocycles. The maximum absolute atomic E-state index is 11.5. The lowest BCUT2D eigenvalue weighted by atomic mass is 10.7. The number of esters is 1. The van der Waals surface area contributed by atoms with Gasteiger partial charge in [0, 0.05) is 11.5 Å². The van der Waals surface area contributed by atoms with Gasteiger partial charge in [0.05, 0.1) is 6.61 Å². The van der Waals surface area contributed by atoms with Crippen LogP contribution in [0.1, 0.15) is 20.8 Å². The molecule has 96 valence electrons. The molecule has 6 nitrogen and oxygen atoms in total. The average Bonchev–Trinajstić information content (AvgIpc) is 2.17. The van der Waals surface area contributed by atoms with Crippen molar-refractivity contribution in [3.63, 3.8) is 0 Å². The van der Waals surface area contributed by atoms with Crippen LogP contribution >= 0.6 is 0 Å². The van der Waals surface area contributed by atoms with Crippen LogP contribution in [-0.4, -0.2) is 45.5 Å². The number of ether oxygens (including phenoxy) is 1. The number of carbonyl (C=O) groups excluding carboxylic acids is 1. The summed E-state index contributed by atoms with van der Waals surface area (Å²) < 4.78 is 48.6. The maximum Gasteiger partial charge on any atom is 0.340 e. The highest BCUT2D eigenvalue weighted by Gasteiger charge is 2.42. The van der Waals surface area contributed by atoms with E-state index in [1.807, 2.05) is 0 Å². The van der Waals surface area contributed by atoms with Crippen LogP contribution in [0.2, 0.25) is 0 Å². The fourth-order valence-corrected chi connectivity index (χ4v) is 4.96. The van der Waals surface area contributed by atoms with Gasteiger partial charge in [-0.1, -0.05) is 13.8 Å². The lowest BCUT2D eigenvalue weighted by Crippen LogP contribution is -2.41. The van der Waals surface area contributed by atoms with E-state index in [1.54, 1.807) is 0 Å². The molecule has 0 spiro atoms. The van der Waals surface area contributed by atoms with Crippen LogP contribution in [0.3, 0.4) is 0 Å². The molecule has 0 aliphatic carbocycles. The van der Waals surface area contributed by atoms with Gasteiger partial charge in [0.15, 0.2) is 19.7 Å². The zero-order valence-corrected chi connectivity index (χ0v) is 11.1. The van der Waals surface area contributed by atoms with Crippen molar-refractivity contribution in [3.8, 4) is 0 Å². The van der Waals surface area contributed by atoms with Crippen molar-refractivity contribution in [3.05, 3.63) is 0 Å². The first-order chi connectivity index (χ1) is 7.22. The molecule has 0 aliphatic heterocycles. The highest BCUT2D eigenvalue weighted by atomic mass is 32.3. The van der Waals surface area contributed by atoms with Crippen molar-refractivity contribution < 1.29 is 26.4 Å². The highest BCUT2D eigenvalue weighted by molar-refractivity contribution is 8.10. The summed E-state index contributed by atoms with van der Waals surface area (Å²) >= 11 is 0. The quantitative estimate of drug-likeness (QED) is 0.618. The molecule has 0 saturated heterocycles. The largest absolute Gasteiger partial charge is 0.464 e. The molecular weight excluding hydrogens is 256 g/mol. The van der Waals surface area contributed by atoms with Crippen molar-refractivity contribution in [1.29, 1.82) is 0 Å². The number of rotatable bonds is 6. The minimum Gasteiger partial charge on any atom is -0.464 e. The van der Waals surface area contributed by atoms with Crippen molar-refractivity contribution in [2.45, 2.75) is 25.4 Å². The predicted octanol–water partition coefficient (Wildman–Crippen LogP) is -0.255. The molecule has 16 heavy (non-hydrogen) atoms. The van der Waals surface area contributed by atoms with E-state index in [2.05, 4.69) is 4.74 Å². The molecule has 0 aromatic heterocycles. The topological polar surface area (TPSA) is 94.6 Å². The molecule has 0 saturated carbocycles. The van der Waals surface area contributed by atoms with Gasteiger partial charge in [-0.3, -0.25) is 0 Å². The van der Waals surface area contributed by atoms with Crippen LogP contribution in [0.15, 0.2) is 0 Å². The van der Waals surface area contributed by atoms with Crippen LogP contribution in [-0.2, 0) is 29.2 Å². The Bertz CT molecular complexity index is 399. The third-order valence-corrected chi connectivity index (χ3v) is 6.99. The van der Waals surface area contributed by atoms with Crippen LogP contribution < -0.4 is 0 Å². The summed E-state index contributed by atoms with van der Waals surface area (Å²) in [6, 6.07) is 0. The fourth-order valence-electron chi connectivity index (χ4n) is 1.03. The molecule has 0 fully saturated rings. The van der Waals surface area contributed by atoms with Crippen LogP contribution in [0.5, 0.6) is 0 Å². The van der Waals surface area contributed by atoms with Gasteiger partial charge < -0.3 is 4.74 Å². The van der Waals surface area contributed by atoms with E-state index in [9.17, 15) is 21.6 Å². The molecule has 0 aromatic carbocycles. The standard InChI is InChI=1S/C8H16O6S2/c1-4-14-7(9)8(15(10,11)5-2)16(12,13)6-3/h8H,4-6H2,1-3H3. The van der Waals surface area contributed by atoms with Crippen LogP contribution in [0, 0.1) is 0 Å². The predicted molar refractivity (Wildman–Crippen MR) is 59.3 cm³/mol. The minimum atomic E-state index is -4.01. The van der Waals surface area contributed by atoms with Gasteiger partial charge in [-0.05, 0) is 6.92 Å². The maximum atomic E-state index is 11.5. The van der Waals surface area contributed by atoms with E-state index in [1.165, 1.54) is 20.8 Å². The zero-order valence-electron chi connectivity index (χ0n) is 9.46. The van der Waals surface area contributed by atoms with E-state index in [-0.39, 0.29) is 6.61 Å². The number of carbonyl (C=O) groups is 1. The van der Waals surface area contributed by atoms with Gasteiger partial charge in [0.25, 0.3) is 4.58 Å². The molecule has 8 heteroatoms. The fraction of sp³-hybridized carbons (Fsp3) is 0.875. The number of sulfone groups is 2. The molecule has 0 amide bonds. The Morgan fingerprint density at radius 1 is 1.00 bits per heavy atom. The molecule has 0 atom stereocenters. The molecule has 0 N–H and O–H groups in total. The Labute approximate surface area is 95.8 Å². The summed E-state index contributed by atoms with van der Waals surface area (Å²) in [6.07, 6.45) is 0. The first-order valence-corrected chi connectivity index (χ1v) is 8.25. The smallest absolute Gasteiger partial charge is 0.340 e. The summed E-state index contributed by atoms with van der Waals surface area (Å²) in [4.78, 5) is 11.4. The molecule has 0 bridgehead atoms. The Hall–Kier alpha value is -0.630. The normalized spacial score (nSPS) is 12.8. The Morgan fingerprint density at radius 2 is 1.38 bits per heavy atom. The summed E-state index contributed by atoms with van der Waals surface area (Å²) in [5, 5.41) is 0. The van der Waals surface area contributed by atoms with Gasteiger partial charge in [0.1, 0.15) is 0 Å². The van der Waals surface area contributed by atoms with Crippen LogP contribution in [0.4, 0.5) is 0 Å². The van der Waals surface area contributed by atoms with Crippen molar-refractivity contribution in [2.24, 2.45) is 0 Å². The summed E-state index contributed by atoms with van der Waals surface area (Å²) in [6.45, 7) is 3.99. The summed E-state index contributed by atoms with van der Waals surface area (Å²) in [5.74, 6) is -2.06. The number of hydrogen-bond acceptors (Lipinski definition) is 6. The van der Waals surface area contributed by atoms with Crippen molar-refractivity contribution in [2.75, 3.05) is 18.1 Å². The summed E-state index contributed by atoms with van der Waals surface area (Å²) in [5.41, 5.74) is 0. The Balaban J connectivity index is 5.51. The first kappa shape index (κ1) is 15.4. The van der Waals surface area contributed by atoms with Gasteiger partial charge in [-0.2, -0.15) is 0 Å². The second-order valence-corrected chi connectivity index (χ2v) is 8.03. The zero-order chi connectivity index (χ0) is 13.0. The van der Waals surface area contributed by atoms with Gasteiger partial charge in [-0.25, -0.2) is 21.6 Å². The van der Waals surface area contributed by atoms with E-state index in [0.29, 0.717) is 0 Å². The third-order valence-electron chi connectivity index (χ3n) is 1.94. The number of hydrogen-bond donors (Lipinski definition) is 0. The lowest BCUT2D eigenvalue weighted by Gasteiger charge is -2.14. The Morgan fingerprint density at radius 3 is 1.62 bits per heavy atom. The average molecular weight is 272 g/mol. The van der Waals surface area contributed by atoms with Crippen molar-refractivity contribution in [1.82, 2.24) is 0 Å². The van der Waals surface area contributed by atoms with Crippen LogP contribution in [0.25, 0.3) is 0 Å². The molecule has 0 rings (SSSR count). The summed E-state index contributed by atoms with van der Waals surface area (Å²) in [7, 11) is -8.03. The third kappa shape index (κ3) is 3.44. The van der Waals surface area contributed by atoms with Gasteiger partial charge >= 0.3 is 5.97 Å². The van der Waals surface area contributed by atoms with Gasteiger partial charge in [0.2, 0.25) is 0 Å². The highest BCUT2D eigenvalue weighted by Crippen LogP contribution is 2.14. The van der Waals surface area contributed by atoms with E-state index in [4.69, 9.17) is 0 Å². The van der Waals surface area contributed by atoms with E-state index >= 15 is 0 Å². The van der Waals surface area contributed by atoms with E-state index < -0.39 is 41.7 Å². The first-order valence-electron chi connectivity index (χ1n) is 4.82. The van der Waals surface area contributed by atoms with Gasteiger partial charge in [-0.15, -0.1) is 0 Å².